The van der Waals surface area contributed by atoms with Crippen LogP contribution in [-0.4, -0.2) is 29.1 Å². The van der Waals surface area contributed by atoms with E-state index in [4.69, 9.17) is 9.47 Å². The number of pyridine rings is 1. The lowest BCUT2D eigenvalue weighted by atomic mass is 10.2. The van der Waals surface area contributed by atoms with Gasteiger partial charge in [-0.2, -0.15) is 0 Å². The second-order valence-electron chi connectivity index (χ2n) is 6.98. The Labute approximate surface area is 198 Å². The summed E-state index contributed by atoms with van der Waals surface area (Å²) in [6, 6.07) is 14.4. The van der Waals surface area contributed by atoms with Gasteiger partial charge >= 0.3 is 0 Å². The van der Waals surface area contributed by atoms with E-state index in [0.717, 1.165) is 17.3 Å². The van der Waals surface area contributed by atoms with Crippen LogP contribution in [0, 0.1) is 5.82 Å². The molecule has 172 valence electrons. The van der Waals surface area contributed by atoms with E-state index in [0.29, 0.717) is 27.5 Å². The van der Waals surface area contributed by atoms with Crippen molar-refractivity contribution in [1.82, 2.24) is 15.7 Å². The second kappa shape index (κ2) is 10.6. The summed E-state index contributed by atoms with van der Waals surface area (Å²) >= 11 is 1.10. The highest BCUT2D eigenvalue weighted by Gasteiger charge is 2.24. The highest BCUT2D eigenvalue weighted by Crippen LogP contribution is 2.32. The average molecular weight is 479 g/mol. The highest BCUT2D eigenvalue weighted by molar-refractivity contribution is 8.18. The van der Waals surface area contributed by atoms with Crippen molar-refractivity contribution < 1.29 is 23.5 Å². The van der Waals surface area contributed by atoms with E-state index in [9.17, 15) is 14.0 Å². The number of hydrogen-bond donors (Lipinski definition) is 2. The van der Waals surface area contributed by atoms with Gasteiger partial charge in [0.1, 0.15) is 12.4 Å². The summed E-state index contributed by atoms with van der Waals surface area (Å²) in [7, 11) is 1.52. The minimum Gasteiger partial charge on any atom is -0.493 e. The van der Waals surface area contributed by atoms with Crippen LogP contribution in [0.1, 0.15) is 21.5 Å². The van der Waals surface area contributed by atoms with Crippen molar-refractivity contribution in [1.29, 1.82) is 0 Å². The number of rotatable bonds is 7. The molecular formula is C24H19FN4O4S. The Morgan fingerprint density at radius 3 is 2.65 bits per heavy atom. The van der Waals surface area contributed by atoms with Crippen molar-refractivity contribution >= 4 is 34.8 Å². The van der Waals surface area contributed by atoms with Crippen LogP contribution in [-0.2, 0) is 11.4 Å². The van der Waals surface area contributed by atoms with Crippen LogP contribution in [0.15, 0.2) is 77.0 Å². The molecule has 2 aromatic carbocycles. The number of ether oxygens (including phenoxy) is 2. The molecule has 34 heavy (non-hydrogen) atoms. The van der Waals surface area contributed by atoms with Gasteiger partial charge in [0.2, 0.25) is 0 Å². The number of carbonyl (C=O) groups is 2. The average Bonchev–Trinajstić information content (AvgIpc) is 3.21. The number of hydrazone groups is 1. The predicted molar refractivity (Wildman–Crippen MR) is 127 cm³/mol. The lowest BCUT2D eigenvalue weighted by Gasteiger charge is -2.11. The smallest absolute Gasteiger partial charge is 0.271 e. The van der Waals surface area contributed by atoms with E-state index in [1.165, 1.54) is 31.6 Å². The molecule has 4 rings (SSSR count). The standard InChI is InChI=1S/C24H19FN4O4S/c1-32-20-12-16(4-7-19(20)33-14-15-2-5-18(25)6-3-15)13-21-23(31)27-24(34-21)29-28-22(30)17-8-10-26-11-9-17/h2-13H,14H2,1H3,(H,28,30)(H,27,29,31)/b21-13+. The van der Waals surface area contributed by atoms with E-state index < -0.39 is 5.91 Å². The first-order chi connectivity index (χ1) is 16.5. The number of nitrogens with one attached hydrogen (secondary N) is 2. The van der Waals surface area contributed by atoms with Crippen molar-refractivity contribution in [2.75, 3.05) is 7.11 Å². The Balaban J connectivity index is 1.42. The molecule has 0 radical (unpaired) electrons. The zero-order valence-electron chi connectivity index (χ0n) is 17.9. The van der Waals surface area contributed by atoms with Gasteiger partial charge in [0.05, 0.1) is 12.0 Å². The number of amides is 2. The molecule has 0 bridgehead atoms. The minimum absolute atomic E-state index is 0.250. The van der Waals surface area contributed by atoms with Gasteiger partial charge in [-0.15, -0.1) is 5.10 Å². The van der Waals surface area contributed by atoms with Crippen molar-refractivity contribution in [2.24, 2.45) is 5.10 Å². The number of thioether (sulfide) groups is 1. The lowest BCUT2D eigenvalue weighted by molar-refractivity contribution is -0.115. The monoisotopic (exact) mass is 478 g/mol. The van der Waals surface area contributed by atoms with Gasteiger partial charge in [0.25, 0.3) is 11.8 Å². The third-order valence-corrected chi connectivity index (χ3v) is 5.56. The van der Waals surface area contributed by atoms with Crippen LogP contribution in [0.4, 0.5) is 4.39 Å². The molecule has 0 spiro atoms. The number of halogens is 1. The summed E-state index contributed by atoms with van der Waals surface area (Å²) < 4.78 is 24.3. The molecule has 0 atom stereocenters. The number of amidine groups is 1. The van der Waals surface area contributed by atoms with Gasteiger partial charge in [-0.05, 0) is 65.4 Å². The van der Waals surface area contributed by atoms with Crippen molar-refractivity contribution in [3.63, 3.8) is 0 Å². The summed E-state index contributed by atoms with van der Waals surface area (Å²) in [6.07, 6.45) is 4.68. The zero-order valence-corrected chi connectivity index (χ0v) is 18.8. The fourth-order valence-corrected chi connectivity index (χ4v) is 3.72. The Morgan fingerprint density at radius 2 is 1.91 bits per heavy atom. The normalized spacial score (nSPS) is 15.3. The first-order valence-electron chi connectivity index (χ1n) is 10.1. The Morgan fingerprint density at radius 1 is 1.15 bits per heavy atom. The van der Waals surface area contributed by atoms with Crippen molar-refractivity contribution in [3.05, 3.63) is 94.4 Å². The summed E-state index contributed by atoms with van der Waals surface area (Å²) in [5, 5.41) is 6.83. The molecule has 1 aliphatic rings. The largest absolute Gasteiger partial charge is 0.493 e. The quantitative estimate of drug-likeness (QED) is 0.397. The molecule has 10 heteroatoms. The second-order valence-corrected chi connectivity index (χ2v) is 8.01. The molecule has 0 aliphatic carbocycles. The molecule has 1 aromatic heterocycles. The summed E-state index contributed by atoms with van der Waals surface area (Å²) in [5.74, 6) is -0.0607. The summed E-state index contributed by atoms with van der Waals surface area (Å²) in [6.45, 7) is 0.250. The molecule has 0 saturated carbocycles. The van der Waals surface area contributed by atoms with Gasteiger partial charge in [-0.25, -0.2) is 9.82 Å². The van der Waals surface area contributed by atoms with Gasteiger partial charge in [0.15, 0.2) is 16.7 Å². The third kappa shape index (κ3) is 5.78. The predicted octanol–water partition coefficient (Wildman–Crippen LogP) is 3.71. The van der Waals surface area contributed by atoms with Crippen molar-refractivity contribution in [3.8, 4) is 11.5 Å². The van der Waals surface area contributed by atoms with Gasteiger partial charge in [-0.1, -0.05) is 18.2 Å². The van der Waals surface area contributed by atoms with Crippen LogP contribution in [0.2, 0.25) is 0 Å². The number of benzene rings is 2. The molecule has 3 aromatic rings. The van der Waals surface area contributed by atoms with E-state index in [1.807, 2.05) is 0 Å². The number of aromatic nitrogens is 1. The van der Waals surface area contributed by atoms with Gasteiger partial charge < -0.3 is 9.47 Å². The van der Waals surface area contributed by atoms with E-state index in [-0.39, 0.29) is 23.5 Å². The first-order valence-corrected chi connectivity index (χ1v) is 10.9. The van der Waals surface area contributed by atoms with E-state index in [1.54, 1.807) is 48.5 Å². The molecule has 1 aliphatic heterocycles. The Bertz CT molecular complexity index is 1260. The highest BCUT2D eigenvalue weighted by atomic mass is 32.2. The molecule has 0 unspecified atom stereocenters. The van der Waals surface area contributed by atoms with Crippen LogP contribution in [0.5, 0.6) is 11.5 Å². The third-order valence-electron chi connectivity index (χ3n) is 4.65. The van der Waals surface area contributed by atoms with Gasteiger partial charge in [-0.3, -0.25) is 19.9 Å². The maximum Gasteiger partial charge on any atom is 0.271 e. The molecule has 2 N–H and O–H groups in total. The molecule has 2 heterocycles. The molecule has 1 saturated heterocycles. The molecule has 1 fully saturated rings. The summed E-state index contributed by atoms with van der Waals surface area (Å²) in [4.78, 5) is 28.7. The number of carbonyl (C=O) groups excluding carboxylic acids is 2. The molecular weight excluding hydrogens is 459 g/mol. The summed E-state index contributed by atoms with van der Waals surface area (Å²) in [5.41, 5.74) is 4.33. The van der Waals surface area contributed by atoms with Crippen LogP contribution < -0.4 is 20.2 Å². The number of methoxy groups -OCH3 is 1. The zero-order chi connectivity index (χ0) is 23.9. The Kier molecular flexibility index (Phi) is 7.19. The minimum atomic E-state index is -0.414. The van der Waals surface area contributed by atoms with Crippen LogP contribution >= 0.6 is 11.8 Å². The van der Waals surface area contributed by atoms with Crippen molar-refractivity contribution in [2.45, 2.75) is 6.61 Å². The molecule has 2 amide bonds. The fraction of sp³-hybridized carbons (Fsp3) is 0.0833. The van der Waals surface area contributed by atoms with Crippen LogP contribution in [0.3, 0.4) is 0 Å². The van der Waals surface area contributed by atoms with E-state index >= 15 is 0 Å². The Hall–Kier alpha value is -4.18. The maximum absolute atomic E-state index is 13.1. The number of nitrogens with zero attached hydrogens (tertiary/aromatic N) is 2. The lowest BCUT2D eigenvalue weighted by Crippen LogP contribution is -2.25. The fourth-order valence-electron chi connectivity index (χ4n) is 2.94. The maximum atomic E-state index is 13.1. The number of hydrogen-bond acceptors (Lipinski definition) is 7. The topological polar surface area (TPSA) is 102 Å². The SMILES string of the molecule is COc1cc(/C=C2/SC(=NNC(=O)c3ccncc3)NC2=O)ccc1OCc1ccc(F)cc1. The first kappa shape index (κ1) is 23.0. The molecule has 8 nitrogen and oxygen atoms in total. The van der Waals surface area contributed by atoms with Crippen LogP contribution in [0.25, 0.3) is 6.08 Å². The van der Waals surface area contributed by atoms with E-state index in [2.05, 4.69) is 20.8 Å². The van der Waals surface area contributed by atoms with Gasteiger partial charge in [0, 0.05) is 18.0 Å².